The van der Waals surface area contributed by atoms with Crippen LogP contribution in [-0.4, -0.2) is 19.0 Å². The first-order chi connectivity index (χ1) is 6.43. The molecule has 1 unspecified atom stereocenters. The van der Waals surface area contributed by atoms with Gasteiger partial charge < -0.3 is 4.90 Å². The van der Waals surface area contributed by atoms with E-state index < -0.39 is 0 Å². The van der Waals surface area contributed by atoms with Gasteiger partial charge in [-0.1, -0.05) is 12.1 Å². The summed E-state index contributed by atoms with van der Waals surface area (Å²) in [6, 6.07) is 5.09. The van der Waals surface area contributed by atoms with Crippen LogP contribution in [0.2, 0.25) is 0 Å². The molecule has 0 spiro atoms. The standard InChI is InChI=1S/C13H21N/c1-9-7-11(3)13(8-10(9)2)12(4)14(5)6/h7-8,12H,1-6H3. The fourth-order valence-electron chi connectivity index (χ4n) is 1.71. The monoisotopic (exact) mass is 191 g/mol. The highest BCUT2D eigenvalue weighted by Crippen LogP contribution is 2.24. The quantitative estimate of drug-likeness (QED) is 0.693. The average molecular weight is 191 g/mol. The molecule has 78 valence electrons. The van der Waals surface area contributed by atoms with Crippen molar-refractivity contribution in [3.05, 3.63) is 34.4 Å². The fraction of sp³-hybridized carbons (Fsp3) is 0.538. The summed E-state index contributed by atoms with van der Waals surface area (Å²) in [6.45, 7) is 8.80. The third-order valence-electron chi connectivity index (χ3n) is 3.11. The van der Waals surface area contributed by atoms with E-state index >= 15 is 0 Å². The number of hydrogen-bond donors (Lipinski definition) is 0. The van der Waals surface area contributed by atoms with E-state index in [1.807, 2.05) is 0 Å². The Balaban J connectivity index is 3.15. The lowest BCUT2D eigenvalue weighted by Gasteiger charge is -2.23. The number of benzene rings is 1. The molecule has 0 N–H and O–H groups in total. The van der Waals surface area contributed by atoms with Gasteiger partial charge in [0.2, 0.25) is 0 Å². The van der Waals surface area contributed by atoms with Crippen molar-refractivity contribution >= 4 is 0 Å². The molecule has 0 fully saturated rings. The number of nitrogens with zero attached hydrogens (tertiary/aromatic N) is 1. The second kappa shape index (κ2) is 4.14. The summed E-state index contributed by atoms with van der Waals surface area (Å²) in [5, 5.41) is 0. The minimum atomic E-state index is 0.495. The number of aryl methyl sites for hydroxylation is 3. The topological polar surface area (TPSA) is 3.24 Å². The largest absolute Gasteiger partial charge is 0.303 e. The van der Waals surface area contributed by atoms with Crippen molar-refractivity contribution in [2.24, 2.45) is 0 Å². The van der Waals surface area contributed by atoms with E-state index in [0.29, 0.717) is 6.04 Å². The van der Waals surface area contributed by atoms with Crippen LogP contribution in [0.3, 0.4) is 0 Å². The number of hydrogen-bond acceptors (Lipinski definition) is 1. The zero-order chi connectivity index (χ0) is 10.9. The van der Waals surface area contributed by atoms with Crippen molar-refractivity contribution in [1.29, 1.82) is 0 Å². The van der Waals surface area contributed by atoms with E-state index in [9.17, 15) is 0 Å². The second-order valence-corrected chi connectivity index (χ2v) is 4.43. The van der Waals surface area contributed by atoms with Gasteiger partial charge >= 0.3 is 0 Å². The van der Waals surface area contributed by atoms with Gasteiger partial charge in [0.1, 0.15) is 0 Å². The molecular weight excluding hydrogens is 170 g/mol. The van der Waals surface area contributed by atoms with Gasteiger partial charge in [0.05, 0.1) is 0 Å². The first-order valence-corrected chi connectivity index (χ1v) is 5.17. The molecule has 1 aromatic rings. The molecule has 0 bridgehead atoms. The Morgan fingerprint density at radius 1 is 0.929 bits per heavy atom. The lowest BCUT2D eigenvalue weighted by atomic mass is 9.96. The van der Waals surface area contributed by atoms with E-state index in [-0.39, 0.29) is 0 Å². The van der Waals surface area contributed by atoms with Crippen LogP contribution in [-0.2, 0) is 0 Å². The smallest absolute Gasteiger partial charge is 0.0316 e. The Kier molecular flexibility index (Phi) is 3.33. The molecule has 0 aliphatic heterocycles. The minimum absolute atomic E-state index is 0.495. The summed E-state index contributed by atoms with van der Waals surface area (Å²) in [7, 11) is 4.25. The van der Waals surface area contributed by atoms with Crippen LogP contribution in [0.15, 0.2) is 12.1 Å². The summed E-state index contributed by atoms with van der Waals surface area (Å²) in [5.74, 6) is 0. The van der Waals surface area contributed by atoms with Crippen LogP contribution in [0, 0.1) is 20.8 Å². The van der Waals surface area contributed by atoms with Crippen molar-refractivity contribution in [2.45, 2.75) is 33.7 Å². The maximum absolute atomic E-state index is 2.31. The molecule has 1 heteroatoms. The molecule has 0 aromatic heterocycles. The Morgan fingerprint density at radius 2 is 1.43 bits per heavy atom. The Bertz CT molecular complexity index is 326. The van der Waals surface area contributed by atoms with Crippen LogP contribution in [0.4, 0.5) is 0 Å². The van der Waals surface area contributed by atoms with E-state index in [0.717, 1.165) is 0 Å². The molecule has 1 atom stereocenters. The minimum Gasteiger partial charge on any atom is -0.303 e. The SMILES string of the molecule is Cc1cc(C)c(C(C)N(C)C)cc1C. The lowest BCUT2D eigenvalue weighted by molar-refractivity contribution is 0.320. The zero-order valence-electron chi connectivity index (χ0n) is 10.2. The summed E-state index contributed by atoms with van der Waals surface area (Å²) >= 11 is 0. The van der Waals surface area contributed by atoms with Crippen molar-refractivity contribution in [2.75, 3.05) is 14.1 Å². The predicted molar refractivity (Wildman–Crippen MR) is 62.8 cm³/mol. The maximum atomic E-state index is 2.31. The average Bonchev–Trinajstić information content (AvgIpc) is 2.10. The van der Waals surface area contributed by atoms with Crippen LogP contribution in [0.25, 0.3) is 0 Å². The summed E-state index contributed by atoms with van der Waals surface area (Å²) in [5.41, 5.74) is 5.61. The normalized spacial score (nSPS) is 13.4. The molecule has 0 heterocycles. The van der Waals surface area contributed by atoms with E-state index in [2.05, 4.69) is 58.8 Å². The lowest BCUT2D eigenvalue weighted by Crippen LogP contribution is -2.17. The van der Waals surface area contributed by atoms with Crippen LogP contribution >= 0.6 is 0 Å². The summed E-state index contributed by atoms with van der Waals surface area (Å²) < 4.78 is 0. The molecule has 1 rings (SSSR count). The maximum Gasteiger partial charge on any atom is 0.0316 e. The highest BCUT2D eigenvalue weighted by Gasteiger charge is 2.11. The second-order valence-electron chi connectivity index (χ2n) is 4.43. The van der Waals surface area contributed by atoms with Gasteiger partial charge in [-0.05, 0) is 64.0 Å². The van der Waals surface area contributed by atoms with Crippen LogP contribution < -0.4 is 0 Å². The Hall–Kier alpha value is -0.820. The molecule has 0 aliphatic carbocycles. The van der Waals surface area contributed by atoms with Gasteiger partial charge in [0.15, 0.2) is 0 Å². The van der Waals surface area contributed by atoms with E-state index in [1.54, 1.807) is 0 Å². The molecule has 1 nitrogen and oxygen atoms in total. The Morgan fingerprint density at radius 3 is 1.93 bits per heavy atom. The molecular formula is C13H21N. The predicted octanol–water partition coefficient (Wildman–Crippen LogP) is 3.23. The first-order valence-electron chi connectivity index (χ1n) is 5.17. The van der Waals surface area contributed by atoms with Crippen LogP contribution in [0.1, 0.15) is 35.2 Å². The van der Waals surface area contributed by atoms with Crippen molar-refractivity contribution in [3.63, 3.8) is 0 Å². The highest BCUT2D eigenvalue weighted by molar-refractivity contribution is 5.37. The van der Waals surface area contributed by atoms with Crippen LogP contribution in [0.5, 0.6) is 0 Å². The van der Waals surface area contributed by atoms with Gasteiger partial charge in [-0.25, -0.2) is 0 Å². The molecule has 0 saturated carbocycles. The third kappa shape index (κ3) is 2.16. The molecule has 1 aromatic carbocycles. The van der Waals surface area contributed by atoms with Gasteiger partial charge in [-0.15, -0.1) is 0 Å². The van der Waals surface area contributed by atoms with Gasteiger partial charge in [0.25, 0.3) is 0 Å². The van der Waals surface area contributed by atoms with Gasteiger partial charge in [-0.2, -0.15) is 0 Å². The van der Waals surface area contributed by atoms with E-state index in [4.69, 9.17) is 0 Å². The molecule has 0 radical (unpaired) electrons. The van der Waals surface area contributed by atoms with E-state index in [1.165, 1.54) is 22.3 Å². The Labute approximate surface area is 87.7 Å². The molecule has 0 aliphatic rings. The molecule has 0 saturated heterocycles. The first kappa shape index (κ1) is 11.3. The number of rotatable bonds is 2. The molecule has 14 heavy (non-hydrogen) atoms. The van der Waals surface area contributed by atoms with Gasteiger partial charge in [0, 0.05) is 6.04 Å². The highest BCUT2D eigenvalue weighted by atomic mass is 15.1. The summed E-state index contributed by atoms with van der Waals surface area (Å²) in [6.07, 6.45) is 0. The van der Waals surface area contributed by atoms with Crippen molar-refractivity contribution in [1.82, 2.24) is 4.90 Å². The summed E-state index contributed by atoms with van der Waals surface area (Å²) in [4.78, 5) is 2.25. The van der Waals surface area contributed by atoms with Crippen molar-refractivity contribution < 1.29 is 0 Å². The van der Waals surface area contributed by atoms with Gasteiger partial charge in [-0.3, -0.25) is 0 Å². The third-order valence-corrected chi connectivity index (χ3v) is 3.11. The van der Waals surface area contributed by atoms with Crippen molar-refractivity contribution in [3.8, 4) is 0 Å². The fourth-order valence-corrected chi connectivity index (χ4v) is 1.71. The zero-order valence-corrected chi connectivity index (χ0v) is 10.2. The molecule has 0 amide bonds.